The van der Waals surface area contributed by atoms with Crippen molar-refractivity contribution >= 4 is 11.6 Å². The number of nitrogens with one attached hydrogen (secondary N) is 1. The summed E-state index contributed by atoms with van der Waals surface area (Å²) in [4.78, 5) is 24.5. The monoisotopic (exact) mass is 281 g/mol. The molecule has 0 aliphatic heterocycles. The fourth-order valence-electron chi connectivity index (χ4n) is 2.01. The number of hydrogen-bond donors (Lipinski definition) is 1. The van der Waals surface area contributed by atoms with Gasteiger partial charge in [-0.15, -0.1) is 0 Å². The van der Waals surface area contributed by atoms with Gasteiger partial charge in [0.25, 0.3) is 5.91 Å². The van der Waals surface area contributed by atoms with E-state index in [0.29, 0.717) is 18.7 Å². The molecule has 3 heterocycles. The van der Waals surface area contributed by atoms with Crippen molar-refractivity contribution in [1.82, 2.24) is 24.7 Å². The van der Waals surface area contributed by atoms with Crippen molar-refractivity contribution in [2.45, 2.75) is 13.3 Å². The van der Waals surface area contributed by atoms with Gasteiger partial charge in [0.05, 0.1) is 17.6 Å². The first-order valence-corrected chi connectivity index (χ1v) is 6.72. The molecule has 106 valence electrons. The number of amides is 1. The molecule has 0 aliphatic rings. The van der Waals surface area contributed by atoms with Gasteiger partial charge in [0.1, 0.15) is 11.3 Å². The van der Waals surface area contributed by atoms with Gasteiger partial charge in [-0.2, -0.15) is 0 Å². The molecule has 0 spiro atoms. The van der Waals surface area contributed by atoms with Gasteiger partial charge in [0.15, 0.2) is 0 Å². The second-order valence-corrected chi connectivity index (χ2v) is 4.75. The highest BCUT2D eigenvalue weighted by Gasteiger charge is 2.07. The molecule has 0 saturated carbocycles. The van der Waals surface area contributed by atoms with Crippen LogP contribution in [0.5, 0.6) is 0 Å². The fourth-order valence-corrected chi connectivity index (χ4v) is 2.01. The van der Waals surface area contributed by atoms with Gasteiger partial charge in [0, 0.05) is 31.6 Å². The van der Waals surface area contributed by atoms with E-state index in [1.165, 1.54) is 6.20 Å². The lowest BCUT2D eigenvalue weighted by atomic mass is 10.3. The van der Waals surface area contributed by atoms with Crippen molar-refractivity contribution in [3.05, 3.63) is 60.1 Å². The van der Waals surface area contributed by atoms with E-state index < -0.39 is 0 Å². The third-order valence-electron chi connectivity index (χ3n) is 3.09. The molecule has 3 aromatic rings. The molecule has 0 unspecified atom stereocenters. The zero-order valence-corrected chi connectivity index (χ0v) is 11.7. The summed E-state index contributed by atoms with van der Waals surface area (Å²) in [5, 5.41) is 2.82. The van der Waals surface area contributed by atoms with Gasteiger partial charge in [-0.05, 0) is 19.1 Å². The molecule has 6 heteroatoms. The lowest BCUT2D eigenvalue weighted by Gasteiger charge is -2.03. The number of hydrogen-bond acceptors (Lipinski definition) is 4. The van der Waals surface area contributed by atoms with Crippen LogP contribution in [-0.2, 0) is 6.42 Å². The van der Waals surface area contributed by atoms with E-state index in [0.717, 1.165) is 17.0 Å². The van der Waals surface area contributed by atoms with Crippen molar-refractivity contribution in [1.29, 1.82) is 0 Å². The highest BCUT2D eigenvalue weighted by atomic mass is 16.1. The average Bonchev–Trinajstić information content (AvgIpc) is 2.90. The summed E-state index contributed by atoms with van der Waals surface area (Å²) < 4.78 is 1.96. The smallest absolute Gasteiger partial charge is 0.271 e. The van der Waals surface area contributed by atoms with Crippen LogP contribution >= 0.6 is 0 Å². The number of aromatic nitrogens is 4. The molecule has 0 fully saturated rings. The Hall–Kier alpha value is -2.76. The van der Waals surface area contributed by atoms with Crippen LogP contribution < -0.4 is 5.32 Å². The van der Waals surface area contributed by atoms with Crippen LogP contribution in [0.15, 0.2) is 43.0 Å². The maximum Gasteiger partial charge on any atom is 0.271 e. The fraction of sp³-hybridized carbons (Fsp3) is 0.200. The zero-order valence-electron chi connectivity index (χ0n) is 11.7. The molecule has 3 rings (SSSR count). The average molecular weight is 281 g/mol. The van der Waals surface area contributed by atoms with Crippen molar-refractivity contribution in [2.75, 3.05) is 6.54 Å². The van der Waals surface area contributed by atoms with Crippen molar-refractivity contribution < 1.29 is 4.79 Å². The third kappa shape index (κ3) is 3.05. The minimum Gasteiger partial charge on any atom is -0.350 e. The molecule has 0 radical (unpaired) electrons. The molecule has 0 aliphatic carbocycles. The van der Waals surface area contributed by atoms with E-state index >= 15 is 0 Å². The number of carbonyl (C=O) groups excluding carboxylic acids is 1. The first-order valence-electron chi connectivity index (χ1n) is 6.72. The molecule has 1 N–H and O–H groups in total. The first-order chi connectivity index (χ1) is 10.2. The summed E-state index contributed by atoms with van der Waals surface area (Å²) in [5.41, 5.74) is 2.96. The lowest BCUT2D eigenvalue weighted by Crippen LogP contribution is -2.26. The second-order valence-electron chi connectivity index (χ2n) is 4.75. The SMILES string of the molecule is Cc1cnc(C(=O)NCCc2cn3ccccc3n2)cn1. The Morgan fingerprint density at radius 3 is 2.95 bits per heavy atom. The number of fused-ring (bicyclic) bond motifs is 1. The lowest BCUT2D eigenvalue weighted by molar-refractivity contribution is 0.0948. The molecule has 21 heavy (non-hydrogen) atoms. The Morgan fingerprint density at radius 2 is 2.19 bits per heavy atom. The Morgan fingerprint density at radius 1 is 1.29 bits per heavy atom. The summed E-state index contributed by atoms with van der Waals surface area (Å²) in [6.45, 7) is 2.34. The van der Waals surface area contributed by atoms with E-state index in [1.807, 2.05) is 41.9 Å². The van der Waals surface area contributed by atoms with E-state index in [-0.39, 0.29) is 5.91 Å². The minimum absolute atomic E-state index is 0.216. The van der Waals surface area contributed by atoms with Crippen molar-refractivity contribution in [3.63, 3.8) is 0 Å². The number of rotatable bonds is 4. The van der Waals surface area contributed by atoms with Crippen LogP contribution in [0.3, 0.4) is 0 Å². The Bertz CT molecular complexity index is 730. The number of aryl methyl sites for hydroxylation is 1. The third-order valence-corrected chi connectivity index (χ3v) is 3.09. The molecule has 0 aromatic carbocycles. The summed E-state index contributed by atoms with van der Waals surface area (Å²) in [5.74, 6) is -0.216. The van der Waals surface area contributed by atoms with Crippen molar-refractivity contribution in [2.24, 2.45) is 0 Å². The van der Waals surface area contributed by atoms with Crippen LogP contribution in [-0.4, -0.2) is 31.8 Å². The van der Waals surface area contributed by atoms with Crippen LogP contribution in [0.25, 0.3) is 5.65 Å². The summed E-state index contributed by atoms with van der Waals surface area (Å²) >= 11 is 0. The topological polar surface area (TPSA) is 72.2 Å². The molecule has 0 atom stereocenters. The summed E-state index contributed by atoms with van der Waals surface area (Å²) in [7, 11) is 0. The largest absolute Gasteiger partial charge is 0.350 e. The van der Waals surface area contributed by atoms with Crippen LogP contribution in [0.1, 0.15) is 21.9 Å². The Labute approximate surface area is 121 Å². The predicted molar refractivity (Wildman–Crippen MR) is 78.0 cm³/mol. The van der Waals surface area contributed by atoms with Crippen molar-refractivity contribution in [3.8, 4) is 0 Å². The van der Waals surface area contributed by atoms with E-state index in [9.17, 15) is 4.79 Å². The number of nitrogens with zero attached hydrogens (tertiary/aromatic N) is 4. The molecular weight excluding hydrogens is 266 g/mol. The van der Waals surface area contributed by atoms with Gasteiger partial charge in [-0.25, -0.2) is 9.97 Å². The number of pyridine rings is 1. The highest BCUT2D eigenvalue weighted by molar-refractivity contribution is 5.91. The van der Waals surface area contributed by atoms with Gasteiger partial charge >= 0.3 is 0 Å². The van der Waals surface area contributed by atoms with E-state index in [4.69, 9.17) is 0 Å². The van der Waals surface area contributed by atoms with E-state index in [2.05, 4.69) is 20.3 Å². The molecular formula is C15H15N5O. The molecule has 6 nitrogen and oxygen atoms in total. The molecule has 0 saturated heterocycles. The van der Waals surface area contributed by atoms with Gasteiger partial charge in [-0.1, -0.05) is 6.07 Å². The van der Waals surface area contributed by atoms with E-state index in [1.54, 1.807) is 6.20 Å². The van der Waals surface area contributed by atoms with Crippen LogP contribution in [0, 0.1) is 6.92 Å². The van der Waals surface area contributed by atoms with Gasteiger partial charge in [-0.3, -0.25) is 9.78 Å². The Balaban J connectivity index is 1.58. The Kier molecular flexibility index (Phi) is 3.59. The zero-order chi connectivity index (χ0) is 14.7. The molecule has 0 bridgehead atoms. The minimum atomic E-state index is -0.216. The second kappa shape index (κ2) is 5.70. The van der Waals surface area contributed by atoms with Gasteiger partial charge in [0.2, 0.25) is 0 Å². The molecule has 3 aromatic heterocycles. The van der Waals surface area contributed by atoms with Crippen LogP contribution in [0.4, 0.5) is 0 Å². The number of carbonyl (C=O) groups is 1. The van der Waals surface area contributed by atoms with Crippen LogP contribution in [0.2, 0.25) is 0 Å². The maximum atomic E-state index is 11.9. The summed E-state index contributed by atoms with van der Waals surface area (Å²) in [6.07, 6.45) is 7.65. The number of imidazole rings is 1. The quantitative estimate of drug-likeness (QED) is 0.784. The van der Waals surface area contributed by atoms with Gasteiger partial charge < -0.3 is 9.72 Å². The summed E-state index contributed by atoms with van der Waals surface area (Å²) in [6, 6.07) is 5.85. The standard InChI is InChI=1S/C15H15N5O/c1-11-8-18-13(9-17-11)15(21)16-6-5-12-10-20-7-3-2-4-14(20)19-12/h2-4,7-10H,5-6H2,1H3,(H,16,21). The first kappa shape index (κ1) is 13.2. The molecule has 1 amide bonds. The predicted octanol–water partition coefficient (Wildman–Crippen LogP) is 1.41. The normalized spacial score (nSPS) is 10.7. The highest BCUT2D eigenvalue weighted by Crippen LogP contribution is 2.04. The maximum absolute atomic E-state index is 11.9.